The molecule has 0 spiro atoms. The van der Waals surface area contributed by atoms with Gasteiger partial charge in [-0.2, -0.15) is 0 Å². The second kappa shape index (κ2) is 11.2. The van der Waals surface area contributed by atoms with Gasteiger partial charge in [0.25, 0.3) is 5.91 Å². The molecule has 0 radical (unpaired) electrons. The van der Waals surface area contributed by atoms with Crippen molar-refractivity contribution in [3.8, 4) is 0 Å². The summed E-state index contributed by atoms with van der Waals surface area (Å²) in [7, 11) is 0. The van der Waals surface area contributed by atoms with Crippen LogP contribution < -0.4 is 16.4 Å². The number of hydrogen-bond acceptors (Lipinski definition) is 3. The highest BCUT2D eigenvalue weighted by molar-refractivity contribution is 5.94. The third-order valence-corrected chi connectivity index (χ3v) is 4.96. The van der Waals surface area contributed by atoms with E-state index in [0.29, 0.717) is 16.7 Å². The van der Waals surface area contributed by atoms with Crippen LogP contribution in [0, 0.1) is 11.6 Å². The van der Waals surface area contributed by atoms with Gasteiger partial charge < -0.3 is 16.4 Å². The molecule has 0 saturated carbocycles. The number of amides is 2. The molecule has 2 amide bonds. The molecule has 166 valence electrons. The Hall–Kier alpha value is -3.58. The normalized spacial score (nSPS) is 11.6. The van der Waals surface area contributed by atoms with Crippen LogP contribution in [0.5, 0.6) is 0 Å². The van der Waals surface area contributed by atoms with Gasteiger partial charge in [-0.05, 0) is 41.8 Å². The van der Waals surface area contributed by atoms with Crippen LogP contribution in [0.25, 0.3) is 0 Å². The lowest BCUT2D eigenvalue weighted by atomic mass is 10.0. The molecular formula is C25H25F2N3O2. The van der Waals surface area contributed by atoms with Crippen molar-refractivity contribution in [2.24, 2.45) is 5.73 Å². The van der Waals surface area contributed by atoms with Crippen LogP contribution in [0.4, 0.5) is 8.78 Å². The van der Waals surface area contributed by atoms with E-state index in [1.165, 1.54) is 12.1 Å². The van der Waals surface area contributed by atoms with Gasteiger partial charge in [-0.15, -0.1) is 0 Å². The van der Waals surface area contributed by atoms with E-state index in [4.69, 9.17) is 5.73 Å². The van der Waals surface area contributed by atoms with Gasteiger partial charge in [-0.3, -0.25) is 9.59 Å². The van der Waals surface area contributed by atoms with Gasteiger partial charge in [0, 0.05) is 36.7 Å². The Kier molecular flexibility index (Phi) is 8.05. The average Bonchev–Trinajstić information content (AvgIpc) is 2.78. The van der Waals surface area contributed by atoms with Crippen LogP contribution in [0.15, 0.2) is 72.8 Å². The number of carbonyl (C=O) groups is 2. The van der Waals surface area contributed by atoms with Crippen LogP contribution >= 0.6 is 0 Å². The second-order valence-electron chi connectivity index (χ2n) is 7.51. The highest BCUT2D eigenvalue weighted by Gasteiger charge is 2.13. The first-order chi connectivity index (χ1) is 15.4. The zero-order valence-electron chi connectivity index (χ0n) is 17.5. The van der Waals surface area contributed by atoms with Gasteiger partial charge in [0.2, 0.25) is 5.91 Å². The summed E-state index contributed by atoms with van der Waals surface area (Å²) in [6.45, 7) is 0.298. The minimum Gasteiger partial charge on any atom is -0.352 e. The zero-order chi connectivity index (χ0) is 22.9. The summed E-state index contributed by atoms with van der Waals surface area (Å²) in [6, 6.07) is 18.9. The van der Waals surface area contributed by atoms with E-state index < -0.39 is 6.04 Å². The Labute approximate surface area is 185 Å². The van der Waals surface area contributed by atoms with Crippen molar-refractivity contribution < 1.29 is 18.4 Å². The Morgan fingerprint density at radius 3 is 2.16 bits per heavy atom. The van der Waals surface area contributed by atoms with Crippen molar-refractivity contribution in [2.75, 3.05) is 0 Å². The molecule has 0 aliphatic heterocycles. The predicted octanol–water partition coefficient (Wildman–Crippen LogP) is 3.47. The second-order valence-corrected chi connectivity index (χ2v) is 7.51. The number of rotatable bonds is 9. The van der Waals surface area contributed by atoms with Crippen LogP contribution in [-0.4, -0.2) is 17.9 Å². The summed E-state index contributed by atoms with van der Waals surface area (Å²) in [5, 5.41) is 5.46. The molecule has 0 heterocycles. The van der Waals surface area contributed by atoms with E-state index in [1.807, 2.05) is 0 Å². The smallest absolute Gasteiger partial charge is 0.251 e. The summed E-state index contributed by atoms with van der Waals surface area (Å²) in [4.78, 5) is 24.6. The van der Waals surface area contributed by atoms with Crippen LogP contribution in [0.1, 0.15) is 33.5 Å². The Balaban J connectivity index is 1.48. The third kappa shape index (κ3) is 6.72. The van der Waals surface area contributed by atoms with Gasteiger partial charge in [-0.25, -0.2) is 8.78 Å². The van der Waals surface area contributed by atoms with Crippen molar-refractivity contribution >= 4 is 11.8 Å². The summed E-state index contributed by atoms with van der Waals surface area (Å²) < 4.78 is 27.4. The molecule has 4 N–H and O–H groups in total. The molecular weight excluding hydrogens is 412 g/mol. The zero-order valence-corrected chi connectivity index (χ0v) is 17.5. The standard InChI is InChI=1S/C25H25F2N3O2/c26-22-10-3-1-7-18(22)13-21(28)14-24(31)29-15-17-6-5-9-19(12-17)25(32)30-16-20-8-2-4-11-23(20)27/h1-12,21H,13-16,28H2,(H,29,31)(H,30,32)/t21-/m1/s1. The van der Waals surface area contributed by atoms with Crippen molar-refractivity contribution in [2.45, 2.75) is 32.0 Å². The molecule has 3 aromatic rings. The fraction of sp³-hybridized carbons (Fsp3) is 0.200. The minimum atomic E-state index is -0.512. The Bertz CT molecular complexity index is 1090. The maximum atomic E-state index is 13.7. The molecule has 0 aliphatic rings. The number of nitrogens with two attached hydrogens (primary N) is 1. The third-order valence-electron chi connectivity index (χ3n) is 4.96. The van der Waals surface area contributed by atoms with E-state index in [9.17, 15) is 18.4 Å². The van der Waals surface area contributed by atoms with Gasteiger partial charge in [-0.1, -0.05) is 48.5 Å². The van der Waals surface area contributed by atoms with Crippen molar-refractivity contribution in [3.63, 3.8) is 0 Å². The number of halogens is 2. The fourth-order valence-electron chi connectivity index (χ4n) is 3.27. The molecule has 0 unspecified atom stereocenters. The summed E-state index contributed by atoms with van der Waals surface area (Å²) in [5.41, 5.74) is 8.01. The maximum absolute atomic E-state index is 13.7. The molecule has 0 aliphatic carbocycles. The number of benzene rings is 3. The van der Waals surface area contributed by atoms with Gasteiger partial charge in [0.1, 0.15) is 11.6 Å². The first-order valence-corrected chi connectivity index (χ1v) is 10.3. The topological polar surface area (TPSA) is 84.2 Å². The van der Waals surface area contributed by atoms with E-state index in [0.717, 1.165) is 5.56 Å². The van der Waals surface area contributed by atoms with E-state index >= 15 is 0 Å². The lowest BCUT2D eigenvalue weighted by molar-refractivity contribution is -0.121. The molecule has 1 atom stereocenters. The highest BCUT2D eigenvalue weighted by Crippen LogP contribution is 2.11. The van der Waals surface area contributed by atoms with Gasteiger partial charge >= 0.3 is 0 Å². The van der Waals surface area contributed by atoms with Gasteiger partial charge in [0.05, 0.1) is 0 Å². The summed E-state index contributed by atoms with van der Waals surface area (Å²) in [6.07, 6.45) is 0.314. The number of nitrogens with one attached hydrogen (secondary N) is 2. The highest BCUT2D eigenvalue weighted by atomic mass is 19.1. The quantitative estimate of drug-likeness (QED) is 0.479. The summed E-state index contributed by atoms with van der Waals surface area (Å²) >= 11 is 0. The monoisotopic (exact) mass is 437 g/mol. The fourth-order valence-corrected chi connectivity index (χ4v) is 3.27. The van der Waals surface area contributed by atoms with Crippen LogP contribution in [0.3, 0.4) is 0 Å². The van der Waals surface area contributed by atoms with Gasteiger partial charge in [0.15, 0.2) is 0 Å². The number of carbonyl (C=O) groups excluding carboxylic acids is 2. The van der Waals surface area contributed by atoms with E-state index in [2.05, 4.69) is 10.6 Å². The van der Waals surface area contributed by atoms with Crippen molar-refractivity contribution in [3.05, 3.63) is 107 Å². The maximum Gasteiger partial charge on any atom is 0.251 e. The minimum absolute atomic E-state index is 0.0527. The molecule has 32 heavy (non-hydrogen) atoms. The van der Waals surface area contributed by atoms with E-state index in [1.54, 1.807) is 60.7 Å². The van der Waals surface area contributed by atoms with Crippen LogP contribution in [-0.2, 0) is 24.3 Å². The molecule has 5 nitrogen and oxygen atoms in total. The molecule has 0 saturated heterocycles. The SMILES string of the molecule is N[C@@H](CC(=O)NCc1cccc(C(=O)NCc2ccccc2F)c1)Cc1ccccc1F. The van der Waals surface area contributed by atoms with Crippen molar-refractivity contribution in [1.29, 1.82) is 0 Å². The molecule has 7 heteroatoms. The molecule has 0 bridgehead atoms. The molecule has 3 aromatic carbocycles. The molecule has 0 fully saturated rings. The lowest BCUT2D eigenvalue weighted by Crippen LogP contribution is -2.33. The van der Waals surface area contributed by atoms with E-state index in [-0.39, 0.29) is 49.4 Å². The first-order valence-electron chi connectivity index (χ1n) is 10.3. The lowest BCUT2D eigenvalue weighted by Gasteiger charge is -2.13. The Morgan fingerprint density at radius 1 is 0.812 bits per heavy atom. The Morgan fingerprint density at radius 2 is 1.47 bits per heavy atom. The van der Waals surface area contributed by atoms with Crippen molar-refractivity contribution in [1.82, 2.24) is 10.6 Å². The first kappa shape index (κ1) is 23.1. The average molecular weight is 437 g/mol. The predicted molar refractivity (Wildman–Crippen MR) is 119 cm³/mol. The summed E-state index contributed by atoms with van der Waals surface area (Å²) in [5.74, 6) is -1.32. The van der Waals surface area contributed by atoms with Crippen LogP contribution in [0.2, 0.25) is 0 Å². The molecule has 3 rings (SSSR count). The number of hydrogen-bond donors (Lipinski definition) is 3. The molecule has 0 aromatic heterocycles. The largest absolute Gasteiger partial charge is 0.352 e.